The molecular formula is C32H45N3O5. The second-order valence-corrected chi connectivity index (χ2v) is 11.3. The van der Waals surface area contributed by atoms with Gasteiger partial charge in [0, 0.05) is 19.0 Å². The van der Waals surface area contributed by atoms with Crippen LogP contribution in [-0.2, 0) is 20.7 Å². The van der Waals surface area contributed by atoms with Crippen molar-refractivity contribution in [3.05, 3.63) is 77.4 Å². The molecule has 0 spiro atoms. The number of phenols is 1. The van der Waals surface area contributed by atoms with Crippen LogP contribution in [0.25, 0.3) is 0 Å². The number of nitrogens with zero attached hydrogens (tertiary/aromatic N) is 1. The molecule has 0 heterocycles. The third kappa shape index (κ3) is 9.74. The fourth-order valence-corrected chi connectivity index (χ4v) is 4.51. The molecule has 0 aliphatic rings. The van der Waals surface area contributed by atoms with Crippen LogP contribution in [0.15, 0.2) is 55.1 Å². The lowest BCUT2D eigenvalue weighted by molar-refractivity contribution is -0.142. The molecule has 0 saturated heterocycles. The maximum absolute atomic E-state index is 14.3. The highest BCUT2D eigenvalue weighted by Crippen LogP contribution is 2.27. The standard InChI is InChI=1S/C32H45N3O5/c1-9-11-23(5)33-29(37)28(26-19-21(3)12-13-22(26)4)35(18-10-2)30(38)27(34-31(39)40-32(6,7)8)20-24-14-16-25(36)17-15-24/h10,12-17,19,23,27-28,36H,2,9,11,18,20H2,1,3-8H3,(H,33,37)(H,34,39). The van der Waals surface area contributed by atoms with Crippen LogP contribution in [0.3, 0.4) is 0 Å². The second-order valence-electron chi connectivity index (χ2n) is 11.3. The summed E-state index contributed by atoms with van der Waals surface area (Å²) >= 11 is 0. The summed E-state index contributed by atoms with van der Waals surface area (Å²) in [6, 6.07) is 10.1. The van der Waals surface area contributed by atoms with Crippen molar-refractivity contribution in [3.63, 3.8) is 0 Å². The minimum atomic E-state index is -1.05. The van der Waals surface area contributed by atoms with Crippen LogP contribution in [-0.4, -0.2) is 52.1 Å². The van der Waals surface area contributed by atoms with Gasteiger partial charge in [-0.1, -0.05) is 55.3 Å². The minimum Gasteiger partial charge on any atom is -0.508 e. The highest BCUT2D eigenvalue weighted by atomic mass is 16.6. The van der Waals surface area contributed by atoms with Crippen LogP contribution >= 0.6 is 0 Å². The number of ether oxygens (including phenoxy) is 1. The Kier molecular flexibility index (Phi) is 11.8. The normalized spacial score (nSPS) is 13.5. The van der Waals surface area contributed by atoms with Gasteiger partial charge >= 0.3 is 6.09 Å². The van der Waals surface area contributed by atoms with E-state index < -0.39 is 29.7 Å². The van der Waals surface area contributed by atoms with Crippen molar-refractivity contribution >= 4 is 17.9 Å². The van der Waals surface area contributed by atoms with E-state index in [9.17, 15) is 19.5 Å². The number of alkyl carbamates (subject to hydrolysis) is 1. The van der Waals surface area contributed by atoms with Crippen molar-refractivity contribution in [2.45, 2.75) is 91.5 Å². The third-order valence-corrected chi connectivity index (χ3v) is 6.37. The molecule has 3 amide bonds. The van der Waals surface area contributed by atoms with Crippen LogP contribution in [0.2, 0.25) is 0 Å². The number of carbonyl (C=O) groups excluding carboxylic acids is 3. The van der Waals surface area contributed by atoms with E-state index in [-0.39, 0.29) is 30.7 Å². The molecule has 2 aromatic rings. The van der Waals surface area contributed by atoms with Crippen LogP contribution in [0.5, 0.6) is 5.75 Å². The molecule has 8 nitrogen and oxygen atoms in total. The van der Waals surface area contributed by atoms with Gasteiger partial charge in [0.15, 0.2) is 0 Å². The van der Waals surface area contributed by atoms with E-state index in [2.05, 4.69) is 24.1 Å². The molecule has 0 aliphatic heterocycles. The Hall–Kier alpha value is -3.81. The number of hydrogen-bond acceptors (Lipinski definition) is 5. The molecule has 3 atom stereocenters. The highest BCUT2D eigenvalue weighted by Gasteiger charge is 2.37. The van der Waals surface area contributed by atoms with E-state index in [4.69, 9.17) is 4.74 Å². The van der Waals surface area contributed by atoms with Gasteiger partial charge < -0.3 is 25.4 Å². The molecule has 0 aliphatic carbocycles. The summed E-state index contributed by atoms with van der Waals surface area (Å²) in [5.41, 5.74) is 2.48. The van der Waals surface area contributed by atoms with Gasteiger partial charge in [0.2, 0.25) is 11.8 Å². The fraction of sp³-hybridized carbons (Fsp3) is 0.469. The number of amides is 3. The molecule has 8 heteroatoms. The Balaban J connectivity index is 2.58. The van der Waals surface area contributed by atoms with Crippen molar-refractivity contribution in [1.29, 1.82) is 0 Å². The quantitative estimate of drug-likeness (QED) is 0.302. The van der Waals surface area contributed by atoms with Crippen molar-refractivity contribution in [1.82, 2.24) is 15.5 Å². The van der Waals surface area contributed by atoms with Gasteiger partial charge in [-0.3, -0.25) is 9.59 Å². The van der Waals surface area contributed by atoms with E-state index in [1.165, 1.54) is 17.0 Å². The maximum atomic E-state index is 14.3. The van der Waals surface area contributed by atoms with Crippen LogP contribution in [0.1, 0.15) is 75.8 Å². The Morgan fingerprint density at radius 1 is 1.07 bits per heavy atom. The number of phenolic OH excluding ortho intramolecular Hbond substituents is 1. The molecule has 2 aromatic carbocycles. The van der Waals surface area contributed by atoms with E-state index >= 15 is 0 Å². The number of aryl methyl sites for hydroxylation is 2. The lowest BCUT2D eigenvalue weighted by atomic mass is 9.95. The smallest absolute Gasteiger partial charge is 0.408 e. The van der Waals surface area contributed by atoms with Crippen LogP contribution in [0.4, 0.5) is 4.79 Å². The Morgan fingerprint density at radius 3 is 2.30 bits per heavy atom. The molecule has 218 valence electrons. The van der Waals surface area contributed by atoms with Gasteiger partial charge in [-0.25, -0.2) is 4.79 Å². The number of hydrogen-bond donors (Lipinski definition) is 3. The number of rotatable bonds is 12. The lowest BCUT2D eigenvalue weighted by Crippen LogP contribution is -2.54. The molecule has 0 aromatic heterocycles. The summed E-state index contributed by atoms with van der Waals surface area (Å²) in [7, 11) is 0. The second kappa shape index (κ2) is 14.5. The topological polar surface area (TPSA) is 108 Å². The SMILES string of the molecule is C=CCN(C(=O)C(Cc1ccc(O)cc1)NC(=O)OC(C)(C)C)C(C(=O)NC(C)CCC)c1cc(C)ccc1C. The zero-order chi connectivity index (χ0) is 30.0. The molecule has 0 saturated carbocycles. The molecule has 40 heavy (non-hydrogen) atoms. The molecule has 3 N–H and O–H groups in total. The fourth-order valence-electron chi connectivity index (χ4n) is 4.51. The van der Waals surface area contributed by atoms with Crippen molar-refractivity contribution < 1.29 is 24.2 Å². The van der Waals surface area contributed by atoms with Crippen LogP contribution < -0.4 is 10.6 Å². The number of nitrogens with one attached hydrogen (secondary N) is 2. The van der Waals surface area contributed by atoms with Gasteiger partial charge in [0.1, 0.15) is 23.4 Å². The zero-order valence-electron chi connectivity index (χ0n) is 24.9. The largest absolute Gasteiger partial charge is 0.508 e. The summed E-state index contributed by atoms with van der Waals surface area (Å²) in [6.07, 6.45) is 2.65. The molecule has 0 radical (unpaired) electrons. The van der Waals surface area contributed by atoms with Crippen LogP contribution in [0, 0.1) is 13.8 Å². The third-order valence-electron chi connectivity index (χ3n) is 6.37. The first-order valence-electron chi connectivity index (χ1n) is 13.8. The monoisotopic (exact) mass is 551 g/mol. The summed E-state index contributed by atoms with van der Waals surface area (Å²) in [5, 5.41) is 15.5. The van der Waals surface area contributed by atoms with Gasteiger partial charge in [-0.15, -0.1) is 6.58 Å². The van der Waals surface area contributed by atoms with Crippen molar-refractivity contribution in [2.24, 2.45) is 0 Å². The Morgan fingerprint density at radius 2 is 1.73 bits per heavy atom. The summed E-state index contributed by atoms with van der Waals surface area (Å²) in [4.78, 5) is 42.5. The Bertz CT molecular complexity index is 1170. The van der Waals surface area contributed by atoms with E-state index in [0.29, 0.717) is 5.56 Å². The predicted molar refractivity (Wildman–Crippen MR) is 158 cm³/mol. The molecule has 0 fully saturated rings. The van der Waals surface area contributed by atoms with Gasteiger partial charge in [-0.2, -0.15) is 0 Å². The first kappa shape index (κ1) is 32.4. The molecule has 0 bridgehead atoms. The summed E-state index contributed by atoms with van der Waals surface area (Å²) < 4.78 is 5.46. The molecule has 2 rings (SSSR count). The average molecular weight is 552 g/mol. The molecule has 3 unspecified atom stereocenters. The number of carbonyl (C=O) groups is 3. The minimum absolute atomic E-state index is 0.0779. The first-order chi connectivity index (χ1) is 18.7. The zero-order valence-corrected chi connectivity index (χ0v) is 24.9. The van der Waals surface area contributed by atoms with E-state index in [1.807, 2.05) is 39.0 Å². The lowest BCUT2D eigenvalue weighted by Gasteiger charge is -2.35. The first-order valence-corrected chi connectivity index (χ1v) is 13.8. The number of benzene rings is 2. The van der Waals surface area contributed by atoms with Gasteiger partial charge in [0.25, 0.3) is 0 Å². The molecular weight excluding hydrogens is 506 g/mol. The Labute approximate surface area is 238 Å². The van der Waals surface area contributed by atoms with Crippen molar-refractivity contribution in [2.75, 3.05) is 6.54 Å². The van der Waals surface area contributed by atoms with Gasteiger partial charge in [-0.05, 0) is 76.8 Å². The predicted octanol–water partition coefficient (Wildman–Crippen LogP) is 5.51. The van der Waals surface area contributed by atoms with E-state index in [1.54, 1.807) is 39.0 Å². The van der Waals surface area contributed by atoms with E-state index in [0.717, 1.165) is 29.5 Å². The van der Waals surface area contributed by atoms with Gasteiger partial charge in [0.05, 0.1) is 0 Å². The van der Waals surface area contributed by atoms with Crippen molar-refractivity contribution in [3.8, 4) is 5.75 Å². The summed E-state index contributed by atoms with van der Waals surface area (Å²) in [5.74, 6) is -0.665. The average Bonchev–Trinajstić information content (AvgIpc) is 2.85. The maximum Gasteiger partial charge on any atom is 0.408 e. The highest BCUT2D eigenvalue weighted by molar-refractivity contribution is 5.92. The summed E-state index contributed by atoms with van der Waals surface area (Å²) in [6.45, 7) is 17.0. The number of aromatic hydroxyl groups is 1.